The molecule has 4 N–H and O–H groups in total. The summed E-state index contributed by atoms with van der Waals surface area (Å²) in [6.45, 7) is 0.526. The molecule has 0 aliphatic heterocycles. The zero-order valence-electron chi connectivity index (χ0n) is 14.6. The molecule has 3 aromatic rings. The number of nitrogens with zero attached hydrogens (tertiary/aromatic N) is 1. The molecule has 0 heterocycles. The van der Waals surface area contributed by atoms with E-state index in [0.717, 1.165) is 11.3 Å². The maximum absolute atomic E-state index is 12.7. The fraction of sp³-hybridized carbons (Fsp3) is 0.0476. The van der Waals surface area contributed by atoms with Crippen molar-refractivity contribution in [3.8, 4) is 0 Å². The van der Waals surface area contributed by atoms with Crippen LogP contribution in [0.1, 0.15) is 15.9 Å². The summed E-state index contributed by atoms with van der Waals surface area (Å²) in [6.07, 6.45) is 0. The number of carbonyl (C=O) groups excluding carboxylic acids is 2. The van der Waals surface area contributed by atoms with Gasteiger partial charge in [-0.3, -0.25) is 15.2 Å². The molecule has 27 heavy (non-hydrogen) atoms. The van der Waals surface area contributed by atoms with E-state index in [2.05, 4.69) is 10.7 Å². The van der Waals surface area contributed by atoms with Crippen LogP contribution in [0.2, 0.25) is 0 Å². The Balaban J connectivity index is 1.77. The quantitative estimate of drug-likeness (QED) is 0.588. The normalized spacial score (nSPS) is 10.1. The highest BCUT2D eigenvalue weighted by molar-refractivity contribution is 5.96. The number of hydrazine groups is 1. The first-order valence-corrected chi connectivity index (χ1v) is 8.46. The van der Waals surface area contributed by atoms with Gasteiger partial charge in [0.25, 0.3) is 5.91 Å². The molecule has 0 atom stereocenters. The third-order valence-corrected chi connectivity index (χ3v) is 3.90. The Morgan fingerprint density at radius 2 is 1.41 bits per heavy atom. The number of primary amides is 1. The summed E-state index contributed by atoms with van der Waals surface area (Å²) < 4.78 is 0. The van der Waals surface area contributed by atoms with Crippen molar-refractivity contribution >= 4 is 23.3 Å². The molecule has 3 amide bonds. The number of rotatable bonds is 6. The van der Waals surface area contributed by atoms with Crippen molar-refractivity contribution in [2.75, 3.05) is 10.3 Å². The first-order chi connectivity index (χ1) is 13.1. The Kier molecular flexibility index (Phi) is 5.69. The maximum atomic E-state index is 12.7. The molecule has 0 saturated carbocycles. The Morgan fingerprint density at radius 3 is 2.00 bits per heavy atom. The van der Waals surface area contributed by atoms with Gasteiger partial charge in [0.1, 0.15) is 0 Å². The molecule has 3 aromatic carbocycles. The van der Waals surface area contributed by atoms with E-state index >= 15 is 0 Å². The van der Waals surface area contributed by atoms with Crippen molar-refractivity contribution in [1.29, 1.82) is 0 Å². The molecule has 0 aromatic heterocycles. The number of hydrogen-bond acceptors (Lipinski definition) is 3. The molecule has 136 valence electrons. The zero-order chi connectivity index (χ0) is 19.1. The third-order valence-electron chi connectivity index (χ3n) is 3.90. The molecule has 0 fully saturated rings. The van der Waals surface area contributed by atoms with E-state index in [4.69, 9.17) is 5.73 Å². The van der Waals surface area contributed by atoms with E-state index < -0.39 is 6.03 Å². The van der Waals surface area contributed by atoms with Gasteiger partial charge in [-0.15, -0.1) is 0 Å². The van der Waals surface area contributed by atoms with Gasteiger partial charge in [0, 0.05) is 11.3 Å². The summed E-state index contributed by atoms with van der Waals surface area (Å²) in [5.41, 5.74) is 11.0. The number of anilines is 2. The molecular weight excluding hydrogens is 340 g/mol. The van der Waals surface area contributed by atoms with Gasteiger partial charge < -0.3 is 11.1 Å². The van der Waals surface area contributed by atoms with Crippen LogP contribution in [0.25, 0.3) is 0 Å². The number of nitrogens with one attached hydrogen (secondary N) is 2. The lowest BCUT2D eigenvalue weighted by atomic mass is 10.2. The average Bonchev–Trinajstić information content (AvgIpc) is 2.69. The van der Waals surface area contributed by atoms with Gasteiger partial charge in [-0.25, -0.2) is 4.79 Å². The Hall–Kier alpha value is -3.80. The number of amides is 3. The minimum Gasteiger partial charge on any atom is -0.351 e. The third kappa shape index (κ3) is 5.09. The second kappa shape index (κ2) is 8.53. The predicted molar refractivity (Wildman–Crippen MR) is 106 cm³/mol. The molecule has 0 aliphatic rings. The molecule has 0 aliphatic carbocycles. The van der Waals surface area contributed by atoms with Crippen LogP contribution in [0.3, 0.4) is 0 Å². The van der Waals surface area contributed by atoms with Crippen LogP contribution in [0, 0.1) is 0 Å². The molecule has 0 unspecified atom stereocenters. The second-order valence-electron chi connectivity index (χ2n) is 5.91. The van der Waals surface area contributed by atoms with Gasteiger partial charge >= 0.3 is 6.03 Å². The largest absolute Gasteiger partial charge is 0.351 e. The summed E-state index contributed by atoms with van der Waals surface area (Å²) in [5, 5.41) is 4.27. The Bertz CT molecular complexity index is 896. The van der Waals surface area contributed by atoms with Crippen LogP contribution >= 0.6 is 0 Å². The highest BCUT2D eigenvalue weighted by atomic mass is 16.2. The van der Waals surface area contributed by atoms with Crippen LogP contribution in [0.15, 0.2) is 84.9 Å². The fourth-order valence-corrected chi connectivity index (χ4v) is 2.60. The van der Waals surface area contributed by atoms with E-state index in [-0.39, 0.29) is 5.91 Å². The molecule has 0 saturated heterocycles. The minimum atomic E-state index is -0.648. The Labute approximate surface area is 157 Å². The fourth-order valence-electron chi connectivity index (χ4n) is 2.60. The average molecular weight is 360 g/mol. The van der Waals surface area contributed by atoms with Crippen LogP contribution in [0.5, 0.6) is 0 Å². The first-order valence-electron chi connectivity index (χ1n) is 8.46. The molecule has 0 radical (unpaired) electrons. The number of nitrogens with two attached hydrogens (primary N) is 1. The number of para-hydroxylation sites is 1. The summed E-state index contributed by atoms with van der Waals surface area (Å²) in [6, 6.07) is 25.4. The van der Waals surface area contributed by atoms with E-state index in [1.807, 2.05) is 60.7 Å². The maximum Gasteiger partial charge on any atom is 0.316 e. The van der Waals surface area contributed by atoms with E-state index in [1.54, 1.807) is 29.3 Å². The summed E-state index contributed by atoms with van der Waals surface area (Å²) >= 11 is 0. The molecule has 3 rings (SSSR count). The van der Waals surface area contributed by atoms with E-state index in [0.29, 0.717) is 17.8 Å². The van der Waals surface area contributed by atoms with Crippen molar-refractivity contribution in [3.05, 3.63) is 96.1 Å². The standard InChI is InChI=1S/C21H20N4O2/c22-21(27)23-18-13-11-17(12-14-18)20(26)24-25(19-9-5-2-6-10-19)15-16-7-3-1-4-8-16/h1-14H,15H2,(H,24,26)(H3,22,23,27). The van der Waals surface area contributed by atoms with Crippen molar-refractivity contribution in [2.24, 2.45) is 5.73 Å². The number of hydrogen-bond donors (Lipinski definition) is 3. The molecule has 0 bridgehead atoms. The van der Waals surface area contributed by atoms with Gasteiger partial charge in [-0.2, -0.15) is 0 Å². The molecule has 0 spiro atoms. The lowest BCUT2D eigenvalue weighted by molar-refractivity contribution is 0.0948. The first kappa shape index (κ1) is 18.0. The molecular formula is C21H20N4O2. The minimum absolute atomic E-state index is 0.250. The van der Waals surface area contributed by atoms with Gasteiger partial charge in [-0.1, -0.05) is 48.5 Å². The second-order valence-corrected chi connectivity index (χ2v) is 5.91. The monoisotopic (exact) mass is 360 g/mol. The molecule has 6 heteroatoms. The van der Waals surface area contributed by atoms with Gasteiger partial charge in [0.05, 0.1) is 12.2 Å². The zero-order valence-corrected chi connectivity index (χ0v) is 14.6. The van der Waals surface area contributed by atoms with Crippen molar-refractivity contribution in [1.82, 2.24) is 5.43 Å². The van der Waals surface area contributed by atoms with E-state index in [1.165, 1.54) is 0 Å². The lowest BCUT2D eigenvalue weighted by Crippen LogP contribution is -2.42. The van der Waals surface area contributed by atoms with Gasteiger partial charge in [-0.05, 0) is 42.0 Å². The summed E-state index contributed by atoms with van der Waals surface area (Å²) in [4.78, 5) is 23.6. The van der Waals surface area contributed by atoms with Gasteiger partial charge in [0.2, 0.25) is 0 Å². The van der Waals surface area contributed by atoms with Crippen molar-refractivity contribution in [2.45, 2.75) is 6.54 Å². The van der Waals surface area contributed by atoms with Crippen LogP contribution < -0.4 is 21.5 Å². The van der Waals surface area contributed by atoms with Crippen LogP contribution in [-0.2, 0) is 6.54 Å². The topological polar surface area (TPSA) is 87.5 Å². The lowest BCUT2D eigenvalue weighted by Gasteiger charge is -2.25. The number of benzene rings is 3. The summed E-state index contributed by atoms with van der Waals surface area (Å²) in [5.74, 6) is -0.250. The van der Waals surface area contributed by atoms with Crippen LogP contribution in [0.4, 0.5) is 16.2 Å². The van der Waals surface area contributed by atoms with Crippen molar-refractivity contribution in [3.63, 3.8) is 0 Å². The highest BCUT2D eigenvalue weighted by Crippen LogP contribution is 2.16. The van der Waals surface area contributed by atoms with Crippen molar-refractivity contribution < 1.29 is 9.59 Å². The van der Waals surface area contributed by atoms with E-state index in [9.17, 15) is 9.59 Å². The van der Waals surface area contributed by atoms with Gasteiger partial charge in [0.15, 0.2) is 0 Å². The predicted octanol–water partition coefficient (Wildman–Crippen LogP) is 3.53. The number of carbonyl (C=O) groups is 2. The van der Waals surface area contributed by atoms with Crippen LogP contribution in [-0.4, -0.2) is 11.9 Å². The number of urea groups is 1. The SMILES string of the molecule is NC(=O)Nc1ccc(C(=O)NN(Cc2ccccc2)c2ccccc2)cc1. The molecule has 6 nitrogen and oxygen atoms in total. The Morgan fingerprint density at radius 1 is 0.815 bits per heavy atom. The highest BCUT2D eigenvalue weighted by Gasteiger charge is 2.13. The summed E-state index contributed by atoms with van der Waals surface area (Å²) in [7, 11) is 0. The smallest absolute Gasteiger partial charge is 0.316 e.